The molecule has 4 saturated carbocycles. The van der Waals surface area contributed by atoms with E-state index in [1.165, 1.54) is 0 Å². The van der Waals surface area contributed by atoms with Gasteiger partial charge in [0, 0.05) is 29.5 Å². The van der Waals surface area contributed by atoms with Crippen molar-refractivity contribution in [3.8, 4) is 0 Å². The number of carbonyl (C=O) groups excluding carboxylic acids is 1. The molecule has 0 aromatic rings. The van der Waals surface area contributed by atoms with Gasteiger partial charge in [-0.05, 0) is 74.7 Å². The second-order valence-corrected chi connectivity index (χ2v) is 11.3. The molecule has 4 N–H and O–H groups in total. The molecule has 5 aliphatic rings. The Bertz CT molecular complexity index is 842. The third kappa shape index (κ3) is 2.93. The van der Waals surface area contributed by atoms with Crippen LogP contribution < -0.4 is 0 Å². The van der Waals surface area contributed by atoms with Gasteiger partial charge in [0.05, 0.1) is 30.5 Å². The van der Waals surface area contributed by atoms with Crippen molar-refractivity contribution in [3.63, 3.8) is 0 Å². The summed E-state index contributed by atoms with van der Waals surface area (Å²) < 4.78 is 5.20. The highest BCUT2D eigenvalue weighted by molar-refractivity contribution is 5.85. The fraction of sp³-hybridized carbons (Fsp3) is 0.840. The number of hydrogen-bond acceptors (Lipinski definition) is 7. The van der Waals surface area contributed by atoms with Gasteiger partial charge in [-0.1, -0.05) is 6.92 Å². The van der Waals surface area contributed by atoms with Crippen LogP contribution in [0.4, 0.5) is 0 Å². The number of rotatable bonds is 4. The number of cyclic esters (lactones) is 1. The number of aliphatic imine (C=N–C) groups is 1. The molecule has 8 unspecified atom stereocenters. The molecule has 0 aromatic heterocycles. The fourth-order valence-electron chi connectivity index (χ4n) is 8.65. The molecule has 7 heteroatoms. The quantitative estimate of drug-likeness (QED) is 0.385. The minimum absolute atomic E-state index is 0.0287. The summed E-state index contributed by atoms with van der Waals surface area (Å²) >= 11 is 0. The predicted octanol–water partition coefficient (Wildman–Crippen LogP) is 1.76. The molecule has 7 nitrogen and oxygen atoms in total. The van der Waals surface area contributed by atoms with Crippen molar-refractivity contribution in [2.24, 2.45) is 33.6 Å². The second kappa shape index (κ2) is 7.62. The van der Waals surface area contributed by atoms with Gasteiger partial charge >= 0.3 is 5.97 Å². The Morgan fingerprint density at radius 3 is 2.62 bits per heavy atom. The van der Waals surface area contributed by atoms with Crippen LogP contribution in [0.25, 0.3) is 0 Å². The van der Waals surface area contributed by atoms with Gasteiger partial charge in [-0.3, -0.25) is 4.99 Å². The number of hydrogen-bond donors (Lipinski definition) is 4. The Hall–Kier alpha value is -1.28. The van der Waals surface area contributed by atoms with E-state index in [4.69, 9.17) is 4.74 Å². The number of fused-ring (bicyclic) bond motifs is 5. The number of aliphatic hydroxyl groups is 4. The summed E-state index contributed by atoms with van der Waals surface area (Å²) in [6.45, 7) is 2.77. The Morgan fingerprint density at radius 1 is 1.12 bits per heavy atom. The molecule has 8 atom stereocenters. The molecule has 1 heterocycles. The largest absolute Gasteiger partial charge is 0.458 e. The summed E-state index contributed by atoms with van der Waals surface area (Å²) in [4.78, 5) is 16.2. The lowest BCUT2D eigenvalue weighted by atomic mass is 9.41. The molecule has 0 bridgehead atoms. The van der Waals surface area contributed by atoms with Gasteiger partial charge in [0.15, 0.2) is 0 Å². The molecule has 178 valence electrons. The fourth-order valence-corrected chi connectivity index (χ4v) is 8.65. The first-order valence-electron chi connectivity index (χ1n) is 12.3. The van der Waals surface area contributed by atoms with E-state index in [2.05, 4.69) is 11.9 Å². The Morgan fingerprint density at radius 2 is 1.91 bits per heavy atom. The first-order valence-corrected chi connectivity index (χ1v) is 12.3. The molecule has 0 amide bonds. The third-order valence-corrected chi connectivity index (χ3v) is 10.2. The Balaban J connectivity index is 1.52. The van der Waals surface area contributed by atoms with E-state index in [0.29, 0.717) is 45.3 Å². The van der Waals surface area contributed by atoms with Gasteiger partial charge in [-0.25, -0.2) is 4.79 Å². The summed E-state index contributed by atoms with van der Waals surface area (Å²) in [5.41, 5.74) is -1.82. The lowest BCUT2D eigenvalue weighted by Gasteiger charge is -2.65. The Labute approximate surface area is 189 Å². The van der Waals surface area contributed by atoms with Crippen molar-refractivity contribution in [3.05, 3.63) is 11.6 Å². The van der Waals surface area contributed by atoms with Gasteiger partial charge in [-0.2, -0.15) is 0 Å². The maximum atomic E-state index is 12.3. The standard InChI is InChI=1S/C25H37NO6/c1-22-6-3-19-20(25(22,31)9-5-18(22)16-12-21(29)32-14-16)4-8-24(30)13-17(28)2-7-23(19,24)15-26-10-11-27/h12,15,17-20,27-28,30-31H,2-11,13-14H2,1H3. The van der Waals surface area contributed by atoms with Crippen LogP contribution in [-0.4, -0.2) is 69.7 Å². The van der Waals surface area contributed by atoms with Crippen molar-refractivity contribution in [1.29, 1.82) is 0 Å². The lowest BCUT2D eigenvalue weighted by molar-refractivity contribution is -0.237. The molecule has 0 radical (unpaired) electrons. The number of esters is 1. The molecule has 5 rings (SSSR count). The Kier molecular flexibility index (Phi) is 5.36. The van der Waals surface area contributed by atoms with Crippen LogP contribution in [0.2, 0.25) is 0 Å². The normalized spacial score (nSPS) is 50.5. The average molecular weight is 448 g/mol. The SMILES string of the molecule is CC12CCC3C(CCC4(O)CC(O)CCC34C=NCCO)C1(O)CCC2C1=CC(=O)OC1. The van der Waals surface area contributed by atoms with Crippen molar-refractivity contribution in [1.82, 2.24) is 0 Å². The van der Waals surface area contributed by atoms with Gasteiger partial charge in [-0.15, -0.1) is 0 Å². The van der Waals surface area contributed by atoms with Crippen LogP contribution in [0.15, 0.2) is 16.6 Å². The highest BCUT2D eigenvalue weighted by atomic mass is 16.5. The molecule has 4 aliphatic carbocycles. The first kappa shape index (κ1) is 22.5. The smallest absolute Gasteiger partial charge is 0.331 e. The van der Waals surface area contributed by atoms with E-state index in [1.807, 2.05) is 6.21 Å². The zero-order valence-corrected chi connectivity index (χ0v) is 19.0. The zero-order valence-electron chi connectivity index (χ0n) is 19.0. The number of aliphatic hydroxyl groups excluding tert-OH is 2. The number of carbonyl (C=O) groups is 1. The summed E-state index contributed by atoms with van der Waals surface area (Å²) in [7, 11) is 0. The molecule has 0 spiro atoms. The van der Waals surface area contributed by atoms with E-state index >= 15 is 0 Å². The third-order valence-electron chi connectivity index (χ3n) is 10.2. The summed E-state index contributed by atoms with van der Waals surface area (Å²) in [5, 5.41) is 43.8. The number of ether oxygens (including phenoxy) is 1. The maximum Gasteiger partial charge on any atom is 0.331 e. The first-order chi connectivity index (χ1) is 15.2. The number of nitrogens with zero attached hydrogens (tertiary/aromatic N) is 1. The van der Waals surface area contributed by atoms with Crippen LogP contribution in [0, 0.1) is 28.6 Å². The van der Waals surface area contributed by atoms with E-state index in [1.54, 1.807) is 6.08 Å². The van der Waals surface area contributed by atoms with Gasteiger partial charge in [0.1, 0.15) is 6.61 Å². The van der Waals surface area contributed by atoms with Gasteiger partial charge < -0.3 is 25.2 Å². The lowest BCUT2D eigenvalue weighted by Crippen LogP contribution is -2.68. The van der Waals surface area contributed by atoms with Crippen molar-refractivity contribution in [2.45, 2.75) is 82.0 Å². The highest BCUT2D eigenvalue weighted by Gasteiger charge is 2.71. The summed E-state index contributed by atoms with van der Waals surface area (Å²) in [5.74, 6) is -0.0485. The minimum atomic E-state index is -1.04. The zero-order chi connectivity index (χ0) is 22.8. The summed E-state index contributed by atoms with van der Waals surface area (Å²) in [6, 6.07) is 0. The van der Waals surface area contributed by atoms with Crippen LogP contribution in [0.1, 0.15) is 64.7 Å². The van der Waals surface area contributed by atoms with Gasteiger partial charge in [0.25, 0.3) is 0 Å². The molecule has 0 saturated heterocycles. The van der Waals surface area contributed by atoms with Crippen molar-refractivity contribution >= 4 is 12.2 Å². The van der Waals surface area contributed by atoms with Crippen LogP contribution >= 0.6 is 0 Å². The van der Waals surface area contributed by atoms with Crippen molar-refractivity contribution in [2.75, 3.05) is 19.8 Å². The van der Waals surface area contributed by atoms with E-state index < -0.39 is 22.7 Å². The average Bonchev–Trinajstić information content (AvgIpc) is 3.28. The van der Waals surface area contributed by atoms with E-state index in [-0.39, 0.29) is 35.7 Å². The van der Waals surface area contributed by atoms with Gasteiger partial charge in [0.2, 0.25) is 0 Å². The van der Waals surface area contributed by atoms with Crippen molar-refractivity contribution < 1.29 is 30.0 Å². The van der Waals surface area contributed by atoms with Crippen LogP contribution in [-0.2, 0) is 9.53 Å². The molecule has 4 fully saturated rings. The summed E-state index contributed by atoms with van der Waals surface area (Å²) in [6.07, 6.45) is 9.04. The van der Waals surface area contributed by atoms with Crippen LogP contribution in [0.5, 0.6) is 0 Å². The molecule has 1 aliphatic heterocycles. The topological polar surface area (TPSA) is 120 Å². The van der Waals surface area contributed by atoms with E-state index in [0.717, 1.165) is 31.3 Å². The molecular formula is C25H37NO6. The second-order valence-electron chi connectivity index (χ2n) is 11.3. The van der Waals surface area contributed by atoms with E-state index in [9.17, 15) is 25.2 Å². The molecule has 0 aromatic carbocycles. The monoisotopic (exact) mass is 447 g/mol. The highest BCUT2D eigenvalue weighted by Crippen LogP contribution is 2.70. The molecule has 32 heavy (non-hydrogen) atoms. The predicted molar refractivity (Wildman–Crippen MR) is 118 cm³/mol. The maximum absolute atomic E-state index is 12.3. The minimum Gasteiger partial charge on any atom is -0.458 e. The molecular weight excluding hydrogens is 410 g/mol. The van der Waals surface area contributed by atoms with Crippen LogP contribution in [0.3, 0.4) is 0 Å².